The maximum Gasteiger partial charge on any atom is 0.224 e. The summed E-state index contributed by atoms with van der Waals surface area (Å²) in [7, 11) is 0. The Kier molecular flexibility index (Phi) is 5.01. The maximum atomic E-state index is 12.1. The van der Waals surface area contributed by atoms with Crippen LogP contribution in [0.2, 0.25) is 0 Å². The van der Waals surface area contributed by atoms with E-state index in [9.17, 15) is 4.79 Å². The number of nitrogens with zero attached hydrogens (tertiary/aromatic N) is 2. The molecule has 0 spiro atoms. The second-order valence-corrected chi connectivity index (χ2v) is 5.78. The minimum atomic E-state index is 0.0494. The molecular weight excluding hydrogens is 226 g/mol. The highest BCUT2D eigenvalue weighted by atomic mass is 16.2. The van der Waals surface area contributed by atoms with Gasteiger partial charge in [0.25, 0.3) is 0 Å². The highest BCUT2D eigenvalue weighted by Crippen LogP contribution is 2.21. The standard InChI is InChI=1S/C14H27N3O/c1-2-5-12(15)10-14(18)17-9-6-13(11-17)16-7-3-4-8-16/h12-13H,2-11,15H2,1H3. The molecule has 18 heavy (non-hydrogen) atoms. The minimum Gasteiger partial charge on any atom is -0.341 e. The van der Waals surface area contributed by atoms with Gasteiger partial charge in [0.05, 0.1) is 0 Å². The molecule has 4 nitrogen and oxygen atoms in total. The molecule has 2 saturated heterocycles. The van der Waals surface area contributed by atoms with E-state index >= 15 is 0 Å². The fourth-order valence-corrected chi connectivity index (χ4v) is 3.20. The Balaban J connectivity index is 1.75. The molecule has 2 aliphatic heterocycles. The summed E-state index contributed by atoms with van der Waals surface area (Å²) in [6.07, 6.45) is 6.34. The number of nitrogens with two attached hydrogens (primary N) is 1. The van der Waals surface area contributed by atoms with Crippen molar-refractivity contribution < 1.29 is 4.79 Å². The topological polar surface area (TPSA) is 49.6 Å². The number of carbonyl (C=O) groups excluding carboxylic acids is 1. The summed E-state index contributed by atoms with van der Waals surface area (Å²) in [6.45, 7) is 6.42. The van der Waals surface area contributed by atoms with Gasteiger partial charge in [-0.1, -0.05) is 13.3 Å². The van der Waals surface area contributed by atoms with Crippen LogP contribution in [-0.4, -0.2) is 54.0 Å². The monoisotopic (exact) mass is 253 g/mol. The summed E-state index contributed by atoms with van der Waals surface area (Å²) in [4.78, 5) is 16.7. The van der Waals surface area contributed by atoms with Crippen molar-refractivity contribution in [2.24, 2.45) is 5.73 Å². The van der Waals surface area contributed by atoms with Crippen molar-refractivity contribution in [3.8, 4) is 0 Å². The van der Waals surface area contributed by atoms with Crippen molar-refractivity contribution in [3.05, 3.63) is 0 Å². The SMILES string of the molecule is CCCC(N)CC(=O)N1CCC(N2CCCC2)C1. The molecule has 0 aromatic carbocycles. The van der Waals surface area contributed by atoms with Gasteiger partial charge in [0.1, 0.15) is 0 Å². The lowest BCUT2D eigenvalue weighted by Gasteiger charge is -2.24. The van der Waals surface area contributed by atoms with Gasteiger partial charge in [-0.05, 0) is 38.8 Å². The molecule has 1 amide bonds. The van der Waals surface area contributed by atoms with E-state index in [0.717, 1.165) is 32.4 Å². The van der Waals surface area contributed by atoms with Crippen LogP contribution in [0.5, 0.6) is 0 Å². The van der Waals surface area contributed by atoms with Crippen molar-refractivity contribution in [1.29, 1.82) is 0 Å². The molecule has 0 bridgehead atoms. The fourth-order valence-electron chi connectivity index (χ4n) is 3.20. The largest absolute Gasteiger partial charge is 0.341 e. The zero-order chi connectivity index (χ0) is 13.0. The van der Waals surface area contributed by atoms with E-state index < -0.39 is 0 Å². The number of amides is 1. The first-order valence-corrected chi connectivity index (χ1v) is 7.48. The summed E-state index contributed by atoms with van der Waals surface area (Å²) >= 11 is 0. The Morgan fingerprint density at radius 3 is 2.72 bits per heavy atom. The summed E-state index contributed by atoms with van der Waals surface area (Å²) in [5, 5.41) is 0. The molecule has 4 heteroatoms. The van der Waals surface area contributed by atoms with Crippen LogP contribution in [-0.2, 0) is 4.79 Å². The van der Waals surface area contributed by atoms with E-state index in [0.29, 0.717) is 12.5 Å². The smallest absolute Gasteiger partial charge is 0.224 e. The molecule has 0 saturated carbocycles. The van der Waals surface area contributed by atoms with E-state index in [1.54, 1.807) is 0 Å². The van der Waals surface area contributed by atoms with Gasteiger partial charge in [0.15, 0.2) is 0 Å². The highest BCUT2D eigenvalue weighted by Gasteiger charge is 2.31. The fraction of sp³-hybridized carbons (Fsp3) is 0.929. The first-order chi connectivity index (χ1) is 8.70. The summed E-state index contributed by atoms with van der Waals surface area (Å²) in [5.74, 6) is 0.262. The Bertz CT molecular complexity index is 276. The van der Waals surface area contributed by atoms with E-state index in [2.05, 4.69) is 11.8 Å². The molecule has 2 rings (SSSR count). The molecule has 0 aromatic heterocycles. The summed E-state index contributed by atoms with van der Waals surface area (Å²) < 4.78 is 0. The van der Waals surface area contributed by atoms with Crippen LogP contribution < -0.4 is 5.73 Å². The molecule has 0 radical (unpaired) electrons. The van der Waals surface area contributed by atoms with E-state index in [-0.39, 0.29) is 11.9 Å². The Hall–Kier alpha value is -0.610. The molecule has 2 heterocycles. The van der Waals surface area contributed by atoms with Crippen molar-refractivity contribution >= 4 is 5.91 Å². The lowest BCUT2D eigenvalue weighted by Crippen LogP contribution is -2.38. The van der Waals surface area contributed by atoms with Gasteiger partial charge in [0, 0.05) is 31.6 Å². The average Bonchev–Trinajstić information content (AvgIpc) is 3.00. The highest BCUT2D eigenvalue weighted by molar-refractivity contribution is 5.77. The Morgan fingerprint density at radius 2 is 2.06 bits per heavy atom. The van der Waals surface area contributed by atoms with Gasteiger partial charge in [-0.2, -0.15) is 0 Å². The van der Waals surface area contributed by atoms with Crippen molar-refractivity contribution in [3.63, 3.8) is 0 Å². The van der Waals surface area contributed by atoms with Gasteiger partial charge in [-0.3, -0.25) is 9.69 Å². The van der Waals surface area contributed by atoms with Crippen LogP contribution in [0.3, 0.4) is 0 Å². The zero-order valence-corrected chi connectivity index (χ0v) is 11.6. The third-order valence-corrected chi connectivity index (χ3v) is 4.27. The number of hydrogen-bond acceptors (Lipinski definition) is 3. The van der Waals surface area contributed by atoms with Crippen molar-refractivity contribution in [2.75, 3.05) is 26.2 Å². The van der Waals surface area contributed by atoms with Gasteiger partial charge in [-0.15, -0.1) is 0 Å². The van der Waals surface area contributed by atoms with Gasteiger partial charge in [-0.25, -0.2) is 0 Å². The minimum absolute atomic E-state index is 0.0494. The summed E-state index contributed by atoms with van der Waals surface area (Å²) in [6, 6.07) is 0.659. The average molecular weight is 253 g/mol. The normalized spacial score (nSPS) is 26.8. The second kappa shape index (κ2) is 6.53. The van der Waals surface area contributed by atoms with E-state index in [4.69, 9.17) is 5.73 Å². The van der Waals surface area contributed by atoms with Gasteiger partial charge < -0.3 is 10.6 Å². The predicted octanol–water partition coefficient (Wildman–Crippen LogP) is 1.20. The van der Waals surface area contributed by atoms with Crippen LogP contribution in [0, 0.1) is 0 Å². The third kappa shape index (κ3) is 3.45. The molecule has 104 valence electrons. The lowest BCUT2D eigenvalue weighted by atomic mass is 10.1. The molecule has 0 aliphatic carbocycles. The molecule has 2 unspecified atom stereocenters. The third-order valence-electron chi connectivity index (χ3n) is 4.27. The zero-order valence-electron chi connectivity index (χ0n) is 11.6. The molecule has 0 aromatic rings. The van der Waals surface area contributed by atoms with E-state index in [1.807, 2.05) is 4.90 Å². The van der Waals surface area contributed by atoms with Crippen molar-refractivity contribution in [2.45, 2.75) is 57.5 Å². The second-order valence-electron chi connectivity index (χ2n) is 5.78. The van der Waals surface area contributed by atoms with Crippen LogP contribution >= 0.6 is 0 Å². The first kappa shape index (κ1) is 13.8. The van der Waals surface area contributed by atoms with Crippen LogP contribution in [0.15, 0.2) is 0 Å². The Morgan fingerprint density at radius 1 is 1.33 bits per heavy atom. The molecule has 2 N–H and O–H groups in total. The van der Waals surface area contributed by atoms with Crippen LogP contribution in [0.4, 0.5) is 0 Å². The predicted molar refractivity (Wildman–Crippen MR) is 73.3 cm³/mol. The van der Waals surface area contributed by atoms with Crippen LogP contribution in [0.25, 0.3) is 0 Å². The molecule has 2 atom stereocenters. The van der Waals surface area contributed by atoms with Crippen LogP contribution in [0.1, 0.15) is 45.4 Å². The quantitative estimate of drug-likeness (QED) is 0.801. The maximum absolute atomic E-state index is 12.1. The molecule has 2 fully saturated rings. The molecular formula is C14H27N3O. The number of likely N-dealkylation sites (tertiary alicyclic amines) is 2. The van der Waals surface area contributed by atoms with E-state index in [1.165, 1.54) is 25.9 Å². The summed E-state index contributed by atoms with van der Waals surface area (Å²) in [5.41, 5.74) is 5.95. The van der Waals surface area contributed by atoms with Gasteiger partial charge >= 0.3 is 0 Å². The number of hydrogen-bond donors (Lipinski definition) is 1. The number of carbonyl (C=O) groups is 1. The van der Waals surface area contributed by atoms with Crippen molar-refractivity contribution in [1.82, 2.24) is 9.80 Å². The first-order valence-electron chi connectivity index (χ1n) is 7.48. The molecule has 2 aliphatic rings. The lowest BCUT2D eigenvalue weighted by molar-refractivity contribution is -0.130. The van der Waals surface area contributed by atoms with Gasteiger partial charge in [0.2, 0.25) is 5.91 Å². The number of rotatable bonds is 5. The Labute approximate surface area is 110 Å².